The quantitative estimate of drug-likeness (QED) is 0.599. The van der Waals surface area contributed by atoms with Crippen molar-refractivity contribution in [2.45, 2.75) is 18.2 Å². The fraction of sp³-hybridized carbons (Fsp3) is 1.00. The maximum absolute atomic E-state index is 11.3. The Kier molecular flexibility index (Phi) is 8.63. The van der Waals surface area contributed by atoms with Crippen molar-refractivity contribution in [1.29, 1.82) is 0 Å². The molecule has 0 radical (unpaired) electrons. The summed E-state index contributed by atoms with van der Waals surface area (Å²) in [6.45, 7) is 4.01. The summed E-state index contributed by atoms with van der Waals surface area (Å²) in [4.78, 5) is 2.41. The second-order valence-electron chi connectivity index (χ2n) is 3.90. The fourth-order valence-corrected chi connectivity index (χ4v) is 2.98. The number of ether oxygens (including phenoxy) is 1. The van der Waals surface area contributed by atoms with Crippen LogP contribution in [0.2, 0.25) is 0 Å². The van der Waals surface area contributed by atoms with Gasteiger partial charge in [0.25, 0.3) is 0 Å². The molecular formula is C10H22BrNO3S. The Morgan fingerprint density at radius 2 is 2.06 bits per heavy atom. The Hall–Kier alpha value is 0.350. The summed E-state index contributed by atoms with van der Waals surface area (Å²) in [6.07, 6.45) is 0.694. The van der Waals surface area contributed by atoms with Crippen LogP contribution in [0.4, 0.5) is 0 Å². The van der Waals surface area contributed by atoms with E-state index in [2.05, 4.69) is 20.8 Å². The number of nitrogens with zero attached hydrogens (tertiary/aromatic N) is 1. The maximum atomic E-state index is 11.3. The van der Waals surface area contributed by atoms with E-state index in [0.717, 1.165) is 13.1 Å². The van der Waals surface area contributed by atoms with Gasteiger partial charge in [0.05, 0.1) is 17.2 Å². The summed E-state index contributed by atoms with van der Waals surface area (Å²) in [6, 6.07) is 0. The van der Waals surface area contributed by atoms with Crippen molar-refractivity contribution >= 4 is 25.8 Å². The van der Waals surface area contributed by atoms with E-state index >= 15 is 0 Å². The van der Waals surface area contributed by atoms with Crippen molar-refractivity contribution in [3.8, 4) is 0 Å². The molecule has 98 valence electrons. The number of alkyl halides is 1. The zero-order chi connectivity index (χ0) is 12.6. The highest BCUT2D eigenvalue weighted by atomic mass is 79.9. The van der Waals surface area contributed by atoms with E-state index in [4.69, 9.17) is 4.74 Å². The van der Waals surface area contributed by atoms with Crippen molar-refractivity contribution < 1.29 is 13.2 Å². The van der Waals surface area contributed by atoms with Gasteiger partial charge in [-0.3, -0.25) is 0 Å². The van der Waals surface area contributed by atoms with Crippen LogP contribution < -0.4 is 0 Å². The van der Waals surface area contributed by atoms with Crippen LogP contribution >= 0.6 is 15.9 Å². The molecule has 0 aromatic carbocycles. The van der Waals surface area contributed by atoms with Gasteiger partial charge in [-0.25, -0.2) is 8.42 Å². The molecule has 0 saturated heterocycles. The molecule has 0 aliphatic rings. The molecule has 0 aromatic rings. The molecule has 0 heterocycles. The molecule has 1 atom stereocenters. The first kappa shape index (κ1) is 16.4. The largest absolute Gasteiger partial charge is 0.383 e. The van der Waals surface area contributed by atoms with Crippen LogP contribution in [0.1, 0.15) is 13.3 Å². The molecule has 6 heteroatoms. The minimum Gasteiger partial charge on any atom is -0.383 e. The molecule has 16 heavy (non-hydrogen) atoms. The Labute approximate surface area is 107 Å². The predicted molar refractivity (Wildman–Crippen MR) is 71.0 cm³/mol. The molecule has 0 amide bonds. The maximum Gasteiger partial charge on any atom is 0.150 e. The molecular weight excluding hydrogens is 294 g/mol. The lowest BCUT2D eigenvalue weighted by Gasteiger charge is -2.19. The monoisotopic (exact) mass is 315 g/mol. The lowest BCUT2D eigenvalue weighted by Crippen LogP contribution is -2.30. The normalized spacial score (nSPS) is 14.3. The second kappa shape index (κ2) is 8.44. The predicted octanol–water partition coefficient (Wildman–Crippen LogP) is 1.15. The topological polar surface area (TPSA) is 46.6 Å². The van der Waals surface area contributed by atoms with Crippen molar-refractivity contribution in [1.82, 2.24) is 4.90 Å². The second-order valence-corrected chi connectivity index (χ2v) is 7.67. The highest BCUT2D eigenvalue weighted by Crippen LogP contribution is 2.03. The average molecular weight is 316 g/mol. The van der Waals surface area contributed by atoms with Gasteiger partial charge in [-0.1, -0.05) is 22.9 Å². The summed E-state index contributed by atoms with van der Waals surface area (Å²) in [5.74, 6) is 0.520. The van der Waals surface area contributed by atoms with Gasteiger partial charge in [0.1, 0.15) is 9.84 Å². The minimum absolute atomic E-state index is 0.238. The summed E-state index contributed by atoms with van der Waals surface area (Å²) in [5, 5.41) is 0. The number of methoxy groups -OCH3 is 1. The van der Waals surface area contributed by atoms with E-state index in [-0.39, 0.29) is 11.5 Å². The Balaban J connectivity index is 3.70. The van der Waals surface area contributed by atoms with E-state index < -0.39 is 9.84 Å². The molecule has 0 bridgehead atoms. The molecule has 0 saturated carbocycles. The van der Waals surface area contributed by atoms with E-state index in [9.17, 15) is 8.42 Å². The van der Waals surface area contributed by atoms with Gasteiger partial charge in [0, 0.05) is 19.4 Å². The summed E-state index contributed by atoms with van der Waals surface area (Å²) in [7, 11) is 0.840. The third-order valence-corrected chi connectivity index (χ3v) is 4.64. The highest BCUT2D eigenvalue weighted by Gasteiger charge is 2.10. The smallest absolute Gasteiger partial charge is 0.150 e. The van der Waals surface area contributed by atoms with Gasteiger partial charge in [-0.15, -0.1) is 0 Å². The Morgan fingerprint density at radius 3 is 2.56 bits per heavy atom. The third-order valence-electron chi connectivity index (χ3n) is 2.29. The minimum atomic E-state index is -2.82. The van der Waals surface area contributed by atoms with E-state index in [0.29, 0.717) is 17.9 Å². The molecule has 0 aromatic heterocycles. The Morgan fingerprint density at radius 1 is 1.44 bits per heavy atom. The first-order chi connectivity index (χ1) is 7.41. The molecule has 1 unspecified atom stereocenters. The summed E-state index contributed by atoms with van der Waals surface area (Å²) in [5.41, 5.74) is 0. The molecule has 0 N–H and O–H groups in total. The molecule has 0 fully saturated rings. The lowest BCUT2D eigenvalue weighted by molar-refractivity contribution is 0.186. The zero-order valence-corrected chi connectivity index (χ0v) is 12.7. The van der Waals surface area contributed by atoms with E-state index in [1.807, 2.05) is 7.05 Å². The SMILES string of the molecule is CCS(=O)(=O)CCCN(C)CC(Br)COC. The first-order valence-electron chi connectivity index (χ1n) is 5.43. The van der Waals surface area contributed by atoms with E-state index in [1.54, 1.807) is 14.0 Å². The van der Waals surface area contributed by atoms with Gasteiger partial charge >= 0.3 is 0 Å². The van der Waals surface area contributed by atoms with Crippen LogP contribution in [0.25, 0.3) is 0 Å². The van der Waals surface area contributed by atoms with Gasteiger partial charge < -0.3 is 9.64 Å². The van der Waals surface area contributed by atoms with Crippen LogP contribution in [-0.4, -0.2) is 63.5 Å². The van der Waals surface area contributed by atoms with Crippen molar-refractivity contribution in [2.24, 2.45) is 0 Å². The third kappa shape index (κ3) is 8.50. The number of hydrogen-bond donors (Lipinski definition) is 0. The number of rotatable bonds is 9. The first-order valence-corrected chi connectivity index (χ1v) is 8.17. The fourth-order valence-electron chi connectivity index (χ4n) is 1.36. The van der Waals surface area contributed by atoms with Gasteiger partial charge in [0.2, 0.25) is 0 Å². The highest BCUT2D eigenvalue weighted by molar-refractivity contribution is 9.09. The van der Waals surface area contributed by atoms with Crippen LogP contribution in [0.15, 0.2) is 0 Å². The van der Waals surface area contributed by atoms with Crippen LogP contribution in [0.5, 0.6) is 0 Å². The van der Waals surface area contributed by atoms with Crippen molar-refractivity contribution in [3.63, 3.8) is 0 Å². The number of sulfone groups is 1. The van der Waals surface area contributed by atoms with Crippen molar-refractivity contribution in [3.05, 3.63) is 0 Å². The number of hydrogen-bond acceptors (Lipinski definition) is 4. The molecule has 4 nitrogen and oxygen atoms in total. The van der Waals surface area contributed by atoms with Crippen LogP contribution in [0, 0.1) is 0 Å². The molecule has 0 spiro atoms. The zero-order valence-electron chi connectivity index (χ0n) is 10.3. The average Bonchev–Trinajstić information content (AvgIpc) is 2.17. The van der Waals surface area contributed by atoms with E-state index in [1.165, 1.54) is 0 Å². The molecule has 0 rings (SSSR count). The standard InChI is InChI=1S/C10H22BrNO3S/c1-4-16(13,14)7-5-6-12(2)8-10(11)9-15-3/h10H,4-9H2,1-3H3. The van der Waals surface area contributed by atoms with Crippen LogP contribution in [-0.2, 0) is 14.6 Å². The van der Waals surface area contributed by atoms with Crippen molar-refractivity contribution in [2.75, 3.05) is 45.4 Å². The van der Waals surface area contributed by atoms with Gasteiger partial charge in [-0.2, -0.15) is 0 Å². The number of halogens is 1. The Bertz CT molecular complexity index is 269. The molecule has 0 aliphatic heterocycles. The molecule has 0 aliphatic carbocycles. The van der Waals surface area contributed by atoms with Gasteiger partial charge in [-0.05, 0) is 20.0 Å². The lowest BCUT2D eigenvalue weighted by atomic mass is 10.4. The van der Waals surface area contributed by atoms with Gasteiger partial charge in [0.15, 0.2) is 0 Å². The summed E-state index contributed by atoms with van der Waals surface area (Å²) >= 11 is 3.50. The van der Waals surface area contributed by atoms with Crippen LogP contribution in [0.3, 0.4) is 0 Å². The summed E-state index contributed by atoms with van der Waals surface area (Å²) < 4.78 is 27.5.